The summed E-state index contributed by atoms with van der Waals surface area (Å²) in [6.07, 6.45) is 2.93. The van der Waals surface area contributed by atoms with Gasteiger partial charge in [0.2, 0.25) is 5.91 Å². The van der Waals surface area contributed by atoms with Gasteiger partial charge < -0.3 is 19.9 Å². The summed E-state index contributed by atoms with van der Waals surface area (Å²) < 4.78 is 5.75. The number of rotatable bonds is 5. The van der Waals surface area contributed by atoms with Crippen molar-refractivity contribution in [2.24, 2.45) is 0 Å². The molecule has 0 spiro atoms. The van der Waals surface area contributed by atoms with Crippen LogP contribution in [0.2, 0.25) is 0 Å². The van der Waals surface area contributed by atoms with Crippen LogP contribution in [0.5, 0.6) is 5.75 Å². The quantitative estimate of drug-likeness (QED) is 0.653. The Kier molecular flexibility index (Phi) is 5.89. The van der Waals surface area contributed by atoms with Crippen LogP contribution < -0.4 is 15.0 Å². The highest BCUT2D eigenvalue weighted by Gasteiger charge is 2.23. The molecule has 0 unspecified atom stereocenters. The number of ether oxygens (including phenoxy) is 1. The molecule has 5 rings (SSSR count). The number of benzene rings is 2. The van der Waals surface area contributed by atoms with E-state index in [1.807, 2.05) is 53.4 Å². The zero-order valence-corrected chi connectivity index (χ0v) is 18.2. The zero-order chi connectivity index (χ0) is 22.6. The lowest BCUT2D eigenvalue weighted by atomic mass is 10.0. The van der Waals surface area contributed by atoms with Crippen LogP contribution in [0.15, 0.2) is 60.8 Å². The molecule has 2 amide bonds. The van der Waals surface area contributed by atoms with Gasteiger partial charge in [0.1, 0.15) is 11.6 Å². The fourth-order valence-electron chi connectivity index (χ4n) is 4.12. The second-order valence-electron chi connectivity index (χ2n) is 8.13. The molecule has 1 aromatic heterocycles. The molecule has 33 heavy (non-hydrogen) atoms. The second-order valence-corrected chi connectivity index (χ2v) is 8.13. The number of nitrogens with zero attached hydrogens (tertiary/aromatic N) is 4. The number of carbonyl (C=O) groups is 2. The molecule has 3 heterocycles. The van der Waals surface area contributed by atoms with Crippen LogP contribution >= 0.6 is 0 Å². The van der Waals surface area contributed by atoms with Gasteiger partial charge in [0.05, 0.1) is 0 Å². The summed E-state index contributed by atoms with van der Waals surface area (Å²) in [7, 11) is 0. The van der Waals surface area contributed by atoms with Crippen molar-refractivity contribution in [2.45, 2.75) is 12.8 Å². The predicted molar refractivity (Wildman–Crippen MR) is 125 cm³/mol. The van der Waals surface area contributed by atoms with Gasteiger partial charge in [0.15, 0.2) is 12.4 Å². The van der Waals surface area contributed by atoms with E-state index in [-0.39, 0.29) is 18.4 Å². The van der Waals surface area contributed by atoms with Crippen LogP contribution in [0.1, 0.15) is 12.0 Å². The molecule has 0 saturated carbocycles. The van der Waals surface area contributed by atoms with E-state index in [0.717, 1.165) is 22.6 Å². The highest BCUT2D eigenvalue weighted by atomic mass is 16.5. The summed E-state index contributed by atoms with van der Waals surface area (Å²) in [5.74, 6) is 2.21. The molecule has 0 aliphatic carbocycles. The third-order valence-corrected chi connectivity index (χ3v) is 5.96. The Hall–Kier alpha value is -3.94. The molecular formula is C25H25N5O3. The number of hydrogen-bond acceptors (Lipinski definition) is 6. The van der Waals surface area contributed by atoms with Gasteiger partial charge in [0, 0.05) is 50.0 Å². The molecule has 3 aromatic rings. The van der Waals surface area contributed by atoms with Crippen LogP contribution in [0.4, 0.5) is 11.5 Å². The lowest BCUT2D eigenvalue weighted by molar-refractivity contribution is -0.133. The summed E-state index contributed by atoms with van der Waals surface area (Å²) in [5, 5.41) is 2.85. The molecule has 0 atom stereocenters. The van der Waals surface area contributed by atoms with E-state index in [1.165, 1.54) is 0 Å². The summed E-state index contributed by atoms with van der Waals surface area (Å²) in [4.78, 5) is 37.3. The molecule has 168 valence electrons. The first-order valence-electron chi connectivity index (χ1n) is 11.1. The molecule has 2 aliphatic heterocycles. The van der Waals surface area contributed by atoms with Gasteiger partial charge in [-0.25, -0.2) is 9.97 Å². The molecule has 1 fully saturated rings. The predicted octanol–water partition coefficient (Wildman–Crippen LogP) is 2.76. The number of anilines is 2. The number of hydrogen-bond donors (Lipinski definition) is 1. The first-order valence-corrected chi connectivity index (χ1v) is 11.1. The summed E-state index contributed by atoms with van der Waals surface area (Å²) in [6.45, 7) is 2.63. The van der Waals surface area contributed by atoms with Crippen LogP contribution in [0.25, 0.3) is 11.4 Å². The Bertz CT molecular complexity index is 1160. The summed E-state index contributed by atoms with van der Waals surface area (Å²) >= 11 is 0. The zero-order valence-electron chi connectivity index (χ0n) is 18.2. The Morgan fingerprint density at radius 1 is 1.00 bits per heavy atom. The van der Waals surface area contributed by atoms with Gasteiger partial charge in [-0.05, 0) is 36.2 Å². The van der Waals surface area contributed by atoms with Gasteiger partial charge in [0.25, 0.3) is 5.91 Å². The number of amides is 2. The Labute approximate surface area is 192 Å². The molecule has 2 aliphatic rings. The molecule has 0 bridgehead atoms. The van der Waals surface area contributed by atoms with E-state index in [2.05, 4.69) is 15.2 Å². The van der Waals surface area contributed by atoms with Gasteiger partial charge in [-0.2, -0.15) is 0 Å². The van der Waals surface area contributed by atoms with Crippen molar-refractivity contribution in [1.82, 2.24) is 14.9 Å². The first kappa shape index (κ1) is 20.9. The van der Waals surface area contributed by atoms with Gasteiger partial charge >= 0.3 is 0 Å². The normalized spacial score (nSPS) is 15.6. The lowest BCUT2D eigenvalue weighted by Crippen LogP contribution is -2.50. The number of nitrogens with one attached hydrogen (secondary N) is 1. The van der Waals surface area contributed by atoms with E-state index in [4.69, 9.17) is 9.72 Å². The maximum absolute atomic E-state index is 12.7. The molecule has 0 radical (unpaired) electrons. The average molecular weight is 444 g/mol. The van der Waals surface area contributed by atoms with E-state index in [0.29, 0.717) is 50.6 Å². The fourth-order valence-corrected chi connectivity index (χ4v) is 4.12. The minimum atomic E-state index is -0.0339. The second kappa shape index (κ2) is 9.28. The van der Waals surface area contributed by atoms with Crippen molar-refractivity contribution < 1.29 is 14.3 Å². The third kappa shape index (κ3) is 4.79. The maximum Gasteiger partial charge on any atom is 0.260 e. The summed E-state index contributed by atoms with van der Waals surface area (Å²) in [5.41, 5.74) is 2.84. The van der Waals surface area contributed by atoms with Crippen LogP contribution in [0, 0.1) is 0 Å². The van der Waals surface area contributed by atoms with E-state index in [1.54, 1.807) is 12.3 Å². The number of aryl methyl sites for hydroxylation is 1. The number of fused-ring (bicyclic) bond motifs is 1. The number of carbonyl (C=O) groups excluding carboxylic acids is 2. The van der Waals surface area contributed by atoms with Crippen molar-refractivity contribution in [3.05, 3.63) is 66.4 Å². The van der Waals surface area contributed by atoms with Crippen molar-refractivity contribution in [1.29, 1.82) is 0 Å². The number of aromatic nitrogens is 2. The molecular weight excluding hydrogens is 418 g/mol. The Balaban J connectivity index is 1.15. The highest BCUT2D eigenvalue weighted by molar-refractivity contribution is 5.94. The molecule has 2 aromatic carbocycles. The Morgan fingerprint density at radius 3 is 2.64 bits per heavy atom. The smallest absolute Gasteiger partial charge is 0.260 e. The van der Waals surface area contributed by atoms with Crippen LogP contribution in [0.3, 0.4) is 0 Å². The van der Waals surface area contributed by atoms with Gasteiger partial charge in [-0.1, -0.05) is 30.3 Å². The molecule has 8 nitrogen and oxygen atoms in total. The van der Waals surface area contributed by atoms with E-state index in [9.17, 15) is 9.59 Å². The fraction of sp³-hybridized carbons (Fsp3) is 0.280. The Morgan fingerprint density at radius 2 is 1.82 bits per heavy atom. The van der Waals surface area contributed by atoms with Gasteiger partial charge in [-0.3, -0.25) is 9.59 Å². The van der Waals surface area contributed by atoms with Crippen molar-refractivity contribution in [3.63, 3.8) is 0 Å². The molecule has 1 saturated heterocycles. The SMILES string of the molecule is O=C1CCc2cc(OCC(=O)N3CCN(c4ccnc(-c5ccccc5)n4)CC3)ccc2N1. The monoisotopic (exact) mass is 443 g/mol. The largest absolute Gasteiger partial charge is 0.484 e. The van der Waals surface area contributed by atoms with Crippen molar-refractivity contribution in [2.75, 3.05) is 43.0 Å². The topological polar surface area (TPSA) is 87.7 Å². The maximum atomic E-state index is 12.7. The van der Waals surface area contributed by atoms with Gasteiger partial charge in [-0.15, -0.1) is 0 Å². The van der Waals surface area contributed by atoms with Crippen LogP contribution in [-0.2, 0) is 16.0 Å². The average Bonchev–Trinajstić information content (AvgIpc) is 2.88. The first-order chi connectivity index (χ1) is 16.2. The molecule has 1 N–H and O–H groups in total. The minimum Gasteiger partial charge on any atom is -0.484 e. The van der Waals surface area contributed by atoms with Crippen molar-refractivity contribution >= 4 is 23.3 Å². The third-order valence-electron chi connectivity index (χ3n) is 5.96. The van der Waals surface area contributed by atoms with E-state index < -0.39 is 0 Å². The lowest BCUT2D eigenvalue weighted by Gasteiger charge is -2.35. The standard InChI is InChI=1S/C25H25N5O3/c31-23-9-6-19-16-20(7-8-21(19)27-23)33-17-24(32)30-14-12-29(13-15-30)22-10-11-26-25(28-22)18-4-2-1-3-5-18/h1-5,7-8,10-11,16H,6,9,12-15,17H2,(H,27,31). The van der Waals surface area contributed by atoms with Crippen molar-refractivity contribution in [3.8, 4) is 17.1 Å². The highest BCUT2D eigenvalue weighted by Crippen LogP contribution is 2.27. The summed E-state index contributed by atoms with van der Waals surface area (Å²) in [6, 6.07) is 17.3. The minimum absolute atomic E-state index is 0.00317. The van der Waals surface area contributed by atoms with E-state index >= 15 is 0 Å². The van der Waals surface area contributed by atoms with Crippen LogP contribution in [-0.4, -0.2) is 59.5 Å². The molecule has 8 heteroatoms. The number of piperazine rings is 1.